The van der Waals surface area contributed by atoms with E-state index in [2.05, 4.69) is 26.8 Å². The van der Waals surface area contributed by atoms with E-state index in [4.69, 9.17) is 61.6 Å². The number of carboxylic acid groups (broad SMARTS) is 1. The summed E-state index contributed by atoms with van der Waals surface area (Å²) in [5.74, 6) is -3.91. The Hall–Kier alpha value is -4.25. The first-order valence-corrected chi connectivity index (χ1v) is 35.2. The molecule has 9 fully saturated rings. The second kappa shape index (κ2) is 30.1. The summed E-state index contributed by atoms with van der Waals surface area (Å²) in [6.45, 7) is 10.1. The van der Waals surface area contributed by atoms with Gasteiger partial charge in [-0.1, -0.05) is 45.4 Å². The molecule has 5 heterocycles. The van der Waals surface area contributed by atoms with Crippen LogP contribution in [0.15, 0.2) is 35.9 Å². The van der Waals surface area contributed by atoms with Crippen LogP contribution in [0.25, 0.3) is 6.08 Å². The minimum Gasteiger partial charge on any atom is -0.493 e. The molecule has 102 heavy (non-hydrogen) atoms. The highest BCUT2D eigenvalue weighted by Crippen LogP contribution is 2.76. The van der Waals surface area contributed by atoms with E-state index in [1.54, 1.807) is 18.2 Å². The molecular formula is C70H104O32. The fraction of sp³-hybridized carbons (Fsp3) is 0.814. The zero-order valence-corrected chi connectivity index (χ0v) is 58.6. The summed E-state index contributed by atoms with van der Waals surface area (Å²) in [6, 6.07) is 4.88. The van der Waals surface area contributed by atoms with E-state index in [0.29, 0.717) is 42.7 Å². The van der Waals surface area contributed by atoms with Crippen molar-refractivity contribution >= 4 is 24.0 Å². The molecule has 5 aliphatic carbocycles. The lowest BCUT2D eigenvalue weighted by molar-refractivity contribution is -0.378. The number of ether oxygens (including phenoxy) is 13. The predicted octanol–water partition coefficient (Wildman–Crippen LogP) is -2.23. The van der Waals surface area contributed by atoms with Gasteiger partial charge in [0, 0.05) is 11.5 Å². The number of methoxy groups -OCH3 is 2. The third-order valence-corrected chi connectivity index (χ3v) is 25.2. The molecule has 16 N–H and O–H groups in total. The summed E-state index contributed by atoms with van der Waals surface area (Å²) in [5.41, 5.74) is -5.03. The molecular weight excluding hydrogens is 1350 g/mol. The van der Waals surface area contributed by atoms with Gasteiger partial charge in [0.25, 0.3) is 0 Å². The van der Waals surface area contributed by atoms with Gasteiger partial charge in [-0.2, -0.15) is 0 Å². The van der Waals surface area contributed by atoms with Crippen molar-refractivity contribution in [1.82, 2.24) is 0 Å². The maximum absolute atomic E-state index is 15.9. The lowest BCUT2D eigenvalue weighted by Crippen LogP contribution is -2.71. The Balaban J connectivity index is 0.850. The molecule has 0 bridgehead atoms. The van der Waals surface area contributed by atoms with Crippen LogP contribution >= 0.6 is 0 Å². The number of carbonyl (C=O) groups is 3. The molecule has 0 unspecified atom stereocenters. The van der Waals surface area contributed by atoms with Gasteiger partial charge in [-0.25, -0.2) is 4.79 Å². The molecule has 5 aliphatic heterocycles. The largest absolute Gasteiger partial charge is 0.493 e. The summed E-state index contributed by atoms with van der Waals surface area (Å²) < 4.78 is 76.7. The smallest absolute Gasteiger partial charge is 0.331 e. The number of carbonyl (C=O) groups excluding carboxylic acids is 2. The van der Waals surface area contributed by atoms with Crippen LogP contribution in [0.1, 0.15) is 112 Å². The van der Waals surface area contributed by atoms with E-state index >= 15 is 4.79 Å². The Morgan fingerprint density at radius 3 is 1.77 bits per heavy atom. The summed E-state index contributed by atoms with van der Waals surface area (Å²) in [7, 11) is 2.90. The fourth-order valence-corrected chi connectivity index (χ4v) is 19.3. The highest BCUT2D eigenvalue weighted by atomic mass is 16.8. The Kier molecular flexibility index (Phi) is 23.2. The van der Waals surface area contributed by atoms with Crippen molar-refractivity contribution in [3.05, 3.63) is 41.5 Å². The van der Waals surface area contributed by atoms with E-state index < -0.39 is 236 Å². The molecule has 4 saturated carbocycles. The van der Waals surface area contributed by atoms with Crippen LogP contribution in [0.3, 0.4) is 0 Å². The first-order chi connectivity index (χ1) is 48.0. The van der Waals surface area contributed by atoms with Gasteiger partial charge < -0.3 is 143 Å². The lowest BCUT2D eigenvalue weighted by Gasteiger charge is -2.71. The predicted molar refractivity (Wildman–Crippen MR) is 344 cm³/mol. The first kappa shape index (κ1) is 78.8. The molecule has 576 valence electrons. The minimum absolute atomic E-state index is 0.00308. The van der Waals surface area contributed by atoms with E-state index in [0.717, 1.165) is 11.6 Å². The molecule has 34 atom stereocenters. The molecule has 32 nitrogen and oxygen atoms in total. The van der Waals surface area contributed by atoms with Gasteiger partial charge in [0.05, 0.1) is 69.8 Å². The van der Waals surface area contributed by atoms with Crippen LogP contribution in [0, 0.1) is 50.2 Å². The molecule has 1 aromatic carbocycles. The number of fused-ring (bicyclic) bond motifs is 7. The van der Waals surface area contributed by atoms with Crippen molar-refractivity contribution in [2.75, 3.05) is 40.6 Å². The number of aliphatic hydroxyl groups excluding tert-OH is 15. The van der Waals surface area contributed by atoms with Gasteiger partial charge in [-0.3, -0.25) is 9.59 Å². The molecule has 0 spiro atoms. The fourth-order valence-electron chi connectivity index (χ4n) is 19.3. The summed E-state index contributed by atoms with van der Waals surface area (Å²) in [4.78, 5) is 43.6. The number of carboxylic acids is 1. The molecule has 5 saturated heterocycles. The summed E-state index contributed by atoms with van der Waals surface area (Å²) >= 11 is 0. The average Bonchev–Trinajstić information content (AvgIpc) is 0.669. The number of rotatable bonds is 19. The van der Waals surface area contributed by atoms with Gasteiger partial charge in [0.15, 0.2) is 48.9 Å². The Morgan fingerprint density at radius 2 is 1.16 bits per heavy atom. The van der Waals surface area contributed by atoms with Gasteiger partial charge in [-0.15, -0.1) is 0 Å². The van der Waals surface area contributed by atoms with E-state index in [1.165, 1.54) is 41.1 Å². The SMILES string of the molecule is COc1ccc(/C=C\C(=O)O[C@@H]2[C@H](O)[C@@H](O[C@@H]3O[C@@H](C)[C@H](O[C@@H]4OC[C@@H](O[C@@H]5O[C@H](CO)[C@@H](O)[C@H](O)[C@H]5O)[C@H](O)[C@H]4O)[C@@H](O)[C@H]3O)[C@H](OC(=O)[C@]34CCC(C)(C)C[C@H]3C3=CC[C@@H]5[C@@]6(C)C[C@H](O)[C@H](O[C@@H]7O[C@H](CO)[C@H](O)[C@H](O)[C@H]7O)[C@@](C)(C(=O)O)[C@@H]6CC[C@@]5(C)[C@]3(CO)CC4)O[C@@H]2C)cc1OC. The van der Waals surface area contributed by atoms with Crippen LogP contribution in [0.5, 0.6) is 11.5 Å². The molecule has 1 aromatic rings. The summed E-state index contributed by atoms with van der Waals surface area (Å²) in [5, 5.41) is 178. The maximum atomic E-state index is 15.9. The average molecular weight is 1460 g/mol. The molecule has 10 aliphatic rings. The third kappa shape index (κ3) is 13.6. The number of allylic oxidation sites excluding steroid dienone is 1. The van der Waals surface area contributed by atoms with Crippen LogP contribution in [-0.2, 0) is 66.5 Å². The minimum atomic E-state index is -2.08. The number of hydrogen-bond acceptors (Lipinski definition) is 31. The van der Waals surface area contributed by atoms with Crippen molar-refractivity contribution in [3.63, 3.8) is 0 Å². The van der Waals surface area contributed by atoms with Crippen molar-refractivity contribution in [2.45, 2.75) is 266 Å². The second-order valence-corrected chi connectivity index (χ2v) is 31.3. The zero-order valence-electron chi connectivity index (χ0n) is 58.6. The number of esters is 2. The number of aliphatic hydroxyl groups is 15. The Labute approximate surface area is 589 Å². The van der Waals surface area contributed by atoms with Crippen LogP contribution in [0.2, 0.25) is 0 Å². The van der Waals surface area contributed by atoms with Crippen molar-refractivity contribution < 1.29 is 158 Å². The highest BCUT2D eigenvalue weighted by Gasteiger charge is 2.74. The van der Waals surface area contributed by atoms with Gasteiger partial charge in [-0.05, 0) is 136 Å². The molecule has 0 aromatic heterocycles. The third-order valence-electron chi connectivity index (χ3n) is 25.2. The molecule has 0 radical (unpaired) electrons. The Bertz CT molecular complexity index is 3190. The van der Waals surface area contributed by atoms with Crippen molar-refractivity contribution in [3.8, 4) is 11.5 Å². The van der Waals surface area contributed by atoms with Crippen LogP contribution in [0.4, 0.5) is 0 Å². The molecule has 11 rings (SSSR count). The quantitative estimate of drug-likeness (QED) is 0.0302. The summed E-state index contributed by atoms with van der Waals surface area (Å²) in [6.07, 6.45) is -37.1. The zero-order chi connectivity index (χ0) is 74.4. The number of benzene rings is 1. The van der Waals surface area contributed by atoms with Gasteiger partial charge >= 0.3 is 17.9 Å². The van der Waals surface area contributed by atoms with Gasteiger partial charge in [0.1, 0.15) is 97.7 Å². The second-order valence-electron chi connectivity index (χ2n) is 31.3. The molecule has 32 heteroatoms. The van der Waals surface area contributed by atoms with Gasteiger partial charge in [0.2, 0.25) is 6.29 Å². The van der Waals surface area contributed by atoms with E-state index in [9.17, 15) is 91.3 Å². The maximum Gasteiger partial charge on any atom is 0.331 e. The first-order valence-electron chi connectivity index (χ1n) is 35.2. The van der Waals surface area contributed by atoms with E-state index in [-0.39, 0.29) is 50.0 Å². The van der Waals surface area contributed by atoms with Crippen molar-refractivity contribution in [2.24, 2.45) is 50.2 Å². The normalized spacial score (nSPS) is 48.6. The molecule has 0 amide bonds. The monoisotopic (exact) mass is 1460 g/mol. The van der Waals surface area contributed by atoms with Crippen molar-refractivity contribution in [1.29, 1.82) is 0 Å². The van der Waals surface area contributed by atoms with E-state index in [1.807, 2.05) is 6.92 Å². The lowest BCUT2D eigenvalue weighted by atomic mass is 9.33. The number of hydrogen-bond donors (Lipinski definition) is 16. The Morgan fingerprint density at radius 1 is 0.578 bits per heavy atom. The number of aliphatic carboxylic acids is 1. The highest BCUT2D eigenvalue weighted by molar-refractivity contribution is 5.87. The van der Waals surface area contributed by atoms with Crippen LogP contribution < -0.4 is 9.47 Å². The standard InChI is InChI=1S/C70H104O32/c1-29-54(99-58-49(82)45(78)39(27-92-58)97-60-50(83)46(79)43(76)37(25-71)95-60)48(81)52(85)59(93-29)100-56-53(86)55(98-42(75)15-11-31-10-13-35(90-8)36(22-31)91-9)30(2)94-62(56)102-64(89)69-19-18-65(3,4)23-33(69)32-12-14-40-66(5)24-34(74)57(101-61-51(84)47(80)44(77)38(26-72)96-61)68(7,63(87)88)41(66)16-17-67(40,6)70(32,28-73)21-20-69/h10-13,15,22,29-30,33-34,37-41,43-62,71-74,76-86H,14,16-21,23-28H2,1-9H3,(H,87,88)/b15-11-/t29-,30+,33-,34-,37+,38+,39+,40+,41+,43+,44-,45-,46-,47-,48-,49+,50+,51+,52+,53-,54-,55-,56+,57-,58-,59-,60-,61-,62-,66+,67+,68-,69-,70-/m0/s1. The van der Waals surface area contributed by atoms with Crippen LogP contribution in [-0.4, -0.2) is 300 Å². The topological polar surface area (TPSA) is 495 Å².